The van der Waals surface area contributed by atoms with Crippen LogP contribution in [-0.4, -0.2) is 0 Å². The highest BCUT2D eigenvalue weighted by Gasteiger charge is 1.87. The number of unbranched alkanes of at least 4 members (excludes halogenated alkanes) is 7. The Labute approximate surface area is 101 Å². The van der Waals surface area contributed by atoms with Crippen molar-refractivity contribution in [1.82, 2.24) is 0 Å². The number of hydrogen-bond donors (Lipinski definition) is 0. The van der Waals surface area contributed by atoms with Crippen LogP contribution in [0.25, 0.3) is 0 Å². The van der Waals surface area contributed by atoms with Gasteiger partial charge in [-0.3, -0.25) is 0 Å². The third-order valence-electron chi connectivity index (χ3n) is 2.57. The van der Waals surface area contributed by atoms with E-state index in [0.29, 0.717) is 0 Å². The minimum atomic E-state index is 1.06. The number of allylic oxidation sites excluding steroid dienone is 4. The maximum atomic E-state index is 8.28. The monoisotopic (exact) mass is 219 g/mol. The van der Waals surface area contributed by atoms with Gasteiger partial charge in [-0.1, -0.05) is 50.8 Å². The second kappa shape index (κ2) is 14.0. The van der Waals surface area contributed by atoms with Crippen LogP contribution in [0.1, 0.15) is 64.7 Å². The van der Waals surface area contributed by atoms with Gasteiger partial charge in [0.15, 0.2) is 0 Å². The van der Waals surface area contributed by atoms with E-state index in [0.717, 1.165) is 6.42 Å². The molecule has 0 spiro atoms. The van der Waals surface area contributed by atoms with Crippen LogP contribution in [-0.2, 0) is 0 Å². The summed E-state index contributed by atoms with van der Waals surface area (Å²) in [5.74, 6) is 0. The highest BCUT2D eigenvalue weighted by molar-refractivity contribution is 5.01. The SMILES string of the molecule is CCCCC=CCCCCCCC=CC#N. The molecule has 16 heavy (non-hydrogen) atoms. The van der Waals surface area contributed by atoms with Crippen molar-refractivity contribution >= 4 is 0 Å². The first kappa shape index (κ1) is 15.0. The van der Waals surface area contributed by atoms with Gasteiger partial charge in [0.05, 0.1) is 6.07 Å². The van der Waals surface area contributed by atoms with E-state index in [1.165, 1.54) is 51.4 Å². The third kappa shape index (κ3) is 13.0. The fourth-order valence-electron chi connectivity index (χ4n) is 1.57. The molecule has 0 amide bonds. The molecular weight excluding hydrogens is 194 g/mol. The van der Waals surface area contributed by atoms with Crippen LogP contribution in [0.2, 0.25) is 0 Å². The van der Waals surface area contributed by atoms with Gasteiger partial charge in [0, 0.05) is 6.08 Å². The maximum absolute atomic E-state index is 8.28. The Morgan fingerprint density at radius 1 is 0.812 bits per heavy atom. The van der Waals surface area contributed by atoms with Gasteiger partial charge in [-0.2, -0.15) is 5.26 Å². The molecule has 0 aliphatic carbocycles. The Morgan fingerprint density at radius 3 is 1.94 bits per heavy atom. The molecular formula is C15H25N. The molecule has 1 heteroatoms. The van der Waals surface area contributed by atoms with Crippen molar-refractivity contribution in [2.75, 3.05) is 0 Å². The van der Waals surface area contributed by atoms with Gasteiger partial charge in [0.25, 0.3) is 0 Å². The first-order valence-corrected chi connectivity index (χ1v) is 6.61. The highest BCUT2D eigenvalue weighted by atomic mass is 14.2. The highest BCUT2D eigenvalue weighted by Crippen LogP contribution is 2.07. The molecule has 0 fully saturated rings. The molecule has 0 unspecified atom stereocenters. The fourth-order valence-corrected chi connectivity index (χ4v) is 1.57. The van der Waals surface area contributed by atoms with Gasteiger partial charge in [0.2, 0.25) is 0 Å². The Morgan fingerprint density at radius 2 is 1.38 bits per heavy atom. The Bertz CT molecular complexity index is 220. The van der Waals surface area contributed by atoms with Crippen molar-refractivity contribution in [3.8, 4) is 6.07 Å². The summed E-state index contributed by atoms with van der Waals surface area (Å²) in [5, 5.41) is 8.28. The van der Waals surface area contributed by atoms with E-state index in [1.807, 2.05) is 12.1 Å². The first-order chi connectivity index (χ1) is 7.91. The number of hydrogen-bond acceptors (Lipinski definition) is 1. The van der Waals surface area contributed by atoms with Gasteiger partial charge >= 0.3 is 0 Å². The zero-order valence-electron chi connectivity index (χ0n) is 10.6. The minimum absolute atomic E-state index is 1.06. The number of nitrogens with zero attached hydrogens (tertiary/aromatic N) is 1. The molecule has 0 aliphatic rings. The number of nitriles is 1. The summed E-state index contributed by atoms with van der Waals surface area (Å²) in [6.45, 7) is 2.23. The molecule has 0 aromatic carbocycles. The van der Waals surface area contributed by atoms with Gasteiger partial charge in [-0.05, 0) is 32.1 Å². The van der Waals surface area contributed by atoms with Gasteiger partial charge in [-0.15, -0.1) is 0 Å². The Hall–Kier alpha value is -1.03. The molecule has 0 rings (SSSR count). The molecule has 0 aromatic heterocycles. The van der Waals surface area contributed by atoms with E-state index < -0.39 is 0 Å². The van der Waals surface area contributed by atoms with Crippen molar-refractivity contribution in [1.29, 1.82) is 5.26 Å². The molecule has 0 N–H and O–H groups in total. The van der Waals surface area contributed by atoms with E-state index in [2.05, 4.69) is 19.1 Å². The van der Waals surface area contributed by atoms with Crippen LogP contribution in [0.3, 0.4) is 0 Å². The molecule has 0 heterocycles. The van der Waals surface area contributed by atoms with E-state index in [1.54, 1.807) is 6.08 Å². The van der Waals surface area contributed by atoms with E-state index in [-0.39, 0.29) is 0 Å². The lowest BCUT2D eigenvalue weighted by molar-refractivity contribution is 0.651. The zero-order valence-corrected chi connectivity index (χ0v) is 10.6. The van der Waals surface area contributed by atoms with E-state index in [9.17, 15) is 0 Å². The summed E-state index contributed by atoms with van der Waals surface area (Å²) < 4.78 is 0. The Balaban J connectivity index is 3.07. The minimum Gasteiger partial charge on any atom is -0.193 e. The van der Waals surface area contributed by atoms with Crippen molar-refractivity contribution in [2.24, 2.45) is 0 Å². The molecule has 1 nitrogen and oxygen atoms in total. The van der Waals surface area contributed by atoms with Crippen LogP contribution in [0.4, 0.5) is 0 Å². The second-order valence-electron chi connectivity index (χ2n) is 4.14. The molecule has 0 bridgehead atoms. The molecule has 0 atom stereocenters. The van der Waals surface area contributed by atoms with Gasteiger partial charge in [0.1, 0.15) is 0 Å². The number of rotatable bonds is 10. The first-order valence-electron chi connectivity index (χ1n) is 6.61. The average molecular weight is 219 g/mol. The Kier molecular flexibility index (Phi) is 13.1. The molecule has 0 radical (unpaired) electrons. The van der Waals surface area contributed by atoms with Gasteiger partial charge < -0.3 is 0 Å². The summed E-state index contributed by atoms with van der Waals surface area (Å²) in [6, 6.07) is 2.01. The average Bonchev–Trinajstić information content (AvgIpc) is 2.31. The predicted molar refractivity (Wildman–Crippen MR) is 71.1 cm³/mol. The molecule has 0 saturated heterocycles. The summed E-state index contributed by atoms with van der Waals surface area (Å²) in [6.07, 6.45) is 19.5. The topological polar surface area (TPSA) is 23.8 Å². The van der Waals surface area contributed by atoms with Crippen LogP contribution in [0.5, 0.6) is 0 Å². The normalized spacial score (nSPS) is 11.2. The van der Waals surface area contributed by atoms with Crippen molar-refractivity contribution in [3.05, 3.63) is 24.3 Å². The summed E-state index contributed by atoms with van der Waals surface area (Å²) in [7, 11) is 0. The summed E-state index contributed by atoms with van der Waals surface area (Å²) >= 11 is 0. The summed E-state index contributed by atoms with van der Waals surface area (Å²) in [4.78, 5) is 0. The molecule has 0 aliphatic heterocycles. The zero-order chi connectivity index (χ0) is 11.9. The smallest absolute Gasteiger partial charge is 0.0908 e. The lowest BCUT2D eigenvalue weighted by Crippen LogP contribution is -1.77. The fraction of sp³-hybridized carbons (Fsp3) is 0.667. The largest absolute Gasteiger partial charge is 0.193 e. The summed E-state index contributed by atoms with van der Waals surface area (Å²) in [5.41, 5.74) is 0. The van der Waals surface area contributed by atoms with Crippen LogP contribution in [0.15, 0.2) is 24.3 Å². The van der Waals surface area contributed by atoms with Crippen LogP contribution in [0, 0.1) is 11.3 Å². The van der Waals surface area contributed by atoms with E-state index in [4.69, 9.17) is 5.26 Å². The maximum Gasteiger partial charge on any atom is 0.0908 e. The van der Waals surface area contributed by atoms with E-state index >= 15 is 0 Å². The van der Waals surface area contributed by atoms with Crippen LogP contribution >= 0.6 is 0 Å². The van der Waals surface area contributed by atoms with Crippen molar-refractivity contribution < 1.29 is 0 Å². The van der Waals surface area contributed by atoms with Gasteiger partial charge in [-0.25, -0.2) is 0 Å². The standard InChI is InChI=1S/C15H25N/c1-2-3-4-5-6-7-8-9-10-11-12-13-14-15-16/h5-6,13-14H,2-4,7-12H2,1H3. The molecule has 90 valence electrons. The second-order valence-corrected chi connectivity index (χ2v) is 4.14. The lowest BCUT2D eigenvalue weighted by Gasteiger charge is -1.96. The molecule has 0 aromatic rings. The van der Waals surface area contributed by atoms with Crippen molar-refractivity contribution in [3.63, 3.8) is 0 Å². The molecule has 0 saturated carbocycles. The lowest BCUT2D eigenvalue weighted by atomic mass is 10.1. The van der Waals surface area contributed by atoms with Crippen molar-refractivity contribution in [2.45, 2.75) is 64.7 Å². The quantitative estimate of drug-likeness (QED) is 0.283. The van der Waals surface area contributed by atoms with Crippen LogP contribution < -0.4 is 0 Å². The third-order valence-corrected chi connectivity index (χ3v) is 2.57. The predicted octanol–water partition coefficient (Wildman–Crippen LogP) is 5.15.